The number of sulfonamides is 1. The second-order valence-electron chi connectivity index (χ2n) is 7.26. The van der Waals surface area contributed by atoms with E-state index < -0.39 is 21.1 Å². The first-order valence-electron chi connectivity index (χ1n) is 9.60. The average molecular weight is 470 g/mol. The Morgan fingerprint density at radius 2 is 1.62 bits per heavy atom. The van der Waals surface area contributed by atoms with E-state index in [1.165, 1.54) is 18.2 Å². The third-order valence-electron chi connectivity index (χ3n) is 4.77. The predicted octanol–water partition coefficient (Wildman–Crippen LogP) is 5.17. The lowest BCUT2D eigenvalue weighted by Gasteiger charge is -2.24. The quantitative estimate of drug-likeness (QED) is 0.409. The van der Waals surface area contributed by atoms with Crippen LogP contribution in [-0.2, 0) is 10.0 Å². The van der Waals surface area contributed by atoms with Gasteiger partial charge in [0.1, 0.15) is 11.3 Å². The standard InChI is InChI=1S/C23H19NO6S2/c1-14-11-15(2)21(16(3)12-14)32(27,28)24(22(25)29-18-7-5-4-6-8-18)17-9-10-19-20(13-17)31-23(26)30-19/h4-13H,1-3H3. The molecule has 0 aliphatic rings. The molecule has 3 aromatic carbocycles. The lowest BCUT2D eigenvalue weighted by molar-refractivity contribution is 0.211. The topological polar surface area (TPSA) is 93.9 Å². The summed E-state index contributed by atoms with van der Waals surface area (Å²) in [6.07, 6.45) is -1.09. The molecule has 1 aromatic heterocycles. The van der Waals surface area contributed by atoms with Gasteiger partial charge in [-0.15, -0.1) is 0 Å². The van der Waals surface area contributed by atoms with Gasteiger partial charge < -0.3 is 9.15 Å². The number of nitrogens with zero attached hydrogens (tertiary/aromatic N) is 1. The van der Waals surface area contributed by atoms with Crippen LogP contribution in [0.4, 0.5) is 10.5 Å². The zero-order chi connectivity index (χ0) is 23.0. The van der Waals surface area contributed by atoms with Crippen molar-refractivity contribution in [2.75, 3.05) is 4.31 Å². The van der Waals surface area contributed by atoms with Gasteiger partial charge >= 0.3 is 11.0 Å². The summed E-state index contributed by atoms with van der Waals surface area (Å²) in [5.41, 5.74) is 2.26. The predicted molar refractivity (Wildman–Crippen MR) is 123 cm³/mol. The van der Waals surface area contributed by atoms with Crippen LogP contribution in [0.5, 0.6) is 5.75 Å². The minimum atomic E-state index is -4.36. The molecule has 1 amide bonds. The van der Waals surface area contributed by atoms with E-state index in [0.717, 1.165) is 16.9 Å². The van der Waals surface area contributed by atoms with Crippen molar-refractivity contribution in [3.63, 3.8) is 0 Å². The Bertz CT molecular complexity index is 1460. The lowest BCUT2D eigenvalue weighted by Crippen LogP contribution is -2.39. The average Bonchev–Trinajstić information content (AvgIpc) is 3.07. The second kappa shape index (κ2) is 8.25. The van der Waals surface area contributed by atoms with Gasteiger partial charge in [-0.3, -0.25) is 0 Å². The Kier molecular flexibility index (Phi) is 5.62. The summed E-state index contributed by atoms with van der Waals surface area (Å²) >= 11 is 0.818. The maximum absolute atomic E-state index is 13.8. The number of fused-ring (bicyclic) bond motifs is 1. The van der Waals surface area contributed by atoms with Crippen LogP contribution >= 0.6 is 11.3 Å². The molecule has 0 fully saturated rings. The third-order valence-corrected chi connectivity index (χ3v) is 7.55. The molecular weight excluding hydrogens is 450 g/mol. The Labute approximate surface area is 188 Å². The minimum absolute atomic E-state index is 0.0218. The summed E-state index contributed by atoms with van der Waals surface area (Å²) in [5.74, 6) is 0.198. The zero-order valence-corrected chi connectivity index (χ0v) is 19.1. The number of aryl methyl sites for hydroxylation is 3. The molecule has 0 atom stereocenters. The fraction of sp³-hybridized carbons (Fsp3) is 0.130. The molecule has 0 radical (unpaired) electrons. The minimum Gasteiger partial charge on any atom is -0.414 e. The molecule has 0 aliphatic carbocycles. The van der Waals surface area contributed by atoms with Crippen LogP contribution in [-0.4, -0.2) is 14.5 Å². The number of rotatable bonds is 4. The van der Waals surface area contributed by atoms with E-state index in [9.17, 15) is 18.0 Å². The van der Waals surface area contributed by atoms with E-state index >= 15 is 0 Å². The highest BCUT2D eigenvalue weighted by atomic mass is 32.2. The highest BCUT2D eigenvalue weighted by molar-refractivity contribution is 7.93. The Morgan fingerprint density at radius 3 is 2.28 bits per heavy atom. The van der Waals surface area contributed by atoms with Crippen molar-refractivity contribution < 1.29 is 22.4 Å². The third kappa shape index (κ3) is 4.04. The highest BCUT2D eigenvalue weighted by Gasteiger charge is 2.35. The number of carbonyl (C=O) groups is 1. The summed E-state index contributed by atoms with van der Waals surface area (Å²) in [5, 5.41) is 0. The van der Waals surface area contributed by atoms with Crippen molar-refractivity contribution in [3.8, 4) is 5.75 Å². The van der Waals surface area contributed by atoms with Crippen molar-refractivity contribution in [3.05, 3.63) is 87.1 Å². The van der Waals surface area contributed by atoms with Gasteiger partial charge in [0, 0.05) is 0 Å². The lowest BCUT2D eigenvalue weighted by atomic mass is 10.1. The van der Waals surface area contributed by atoms with Crippen LogP contribution in [0.15, 0.2) is 74.8 Å². The second-order valence-corrected chi connectivity index (χ2v) is 9.96. The largest absolute Gasteiger partial charge is 0.434 e. The van der Waals surface area contributed by atoms with E-state index in [1.807, 2.05) is 6.92 Å². The van der Waals surface area contributed by atoms with E-state index in [4.69, 9.17) is 9.15 Å². The van der Waals surface area contributed by atoms with E-state index in [-0.39, 0.29) is 16.3 Å². The van der Waals surface area contributed by atoms with Crippen LogP contribution in [0.3, 0.4) is 0 Å². The van der Waals surface area contributed by atoms with Crippen LogP contribution in [0.2, 0.25) is 0 Å². The molecule has 4 rings (SSSR count). The number of amides is 1. The fourth-order valence-corrected chi connectivity index (χ4v) is 6.07. The molecule has 0 spiro atoms. The summed E-state index contributed by atoms with van der Waals surface area (Å²) in [6.45, 7) is 5.23. The number of carbonyl (C=O) groups excluding carboxylic acids is 1. The molecule has 4 aromatic rings. The Hall–Kier alpha value is -3.43. The summed E-state index contributed by atoms with van der Waals surface area (Å²) in [6, 6.07) is 16.0. The summed E-state index contributed by atoms with van der Waals surface area (Å²) < 4.78 is 39.1. The monoisotopic (exact) mass is 469 g/mol. The molecule has 32 heavy (non-hydrogen) atoms. The molecule has 164 valence electrons. The molecule has 0 saturated heterocycles. The molecule has 7 nitrogen and oxygen atoms in total. The van der Waals surface area contributed by atoms with Crippen LogP contribution < -0.4 is 14.0 Å². The van der Waals surface area contributed by atoms with Gasteiger partial charge in [-0.2, -0.15) is 4.31 Å². The van der Waals surface area contributed by atoms with Crippen molar-refractivity contribution >= 4 is 43.4 Å². The van der Waals surface area contributed by atoms with Crippen molar-refractivity contribution in [2.45, 2.75) is 25.7 Å². The van der Waals surface area contributed by atoms with Crippen molar-refractivity contribution in [1.82, 2.24) is 0 Å². The summed E-state index contributed by atoms with van der Waals surface area (Å²) in [4.78, 5) is 24.3. The van der Waals surface area contributed by atoms with Gasteiger partial charge in [0.25, 0.3) is 10.0 Å². The zero-order valence-electron chi connectivity index (χ0n) is 17.5. The Morgan fingerprint density at radius 1 is 0.969 bits per heavy atom. The number of anilines is 1. The van der Waals surface area contributed by atoms with Gasteiger partial charge in [-0.25, -0.2) is 18.0 Å². The van der Waals surface area contributed by atoms with Gasteiger partial charge in [-0.05, 0) is 62.2 Å². The first-order valence-corrected chi connectivity index (χ1v) is 11.9. The van der Waals surface area contributed by atoms with Crippen LogP contribution in [0.25, 0.3) is 10.3 Å². The molecule has 1 heterocycles. The molecule has 0 saturated carbocycles. The number of hydrogen-bond acceptors (Lipinski definition) is 7. The number of para-hydroxylation sites is 1. The van der Waals surface area contributed by atoms with Gasteiger partial charge in [0.05, 0.1) is 15.3 Å². The molecule has 0 unspecified atom stereocenters. The maximum atomic E-state index is 13.8. The molecule has 9 heteroatoms. The first-order chi connectivity index (χ1) is 15.2. The number of ether oxygens (including phenoxy) is 1. The van der Waals surface area contributed by atoms with Crippen molar-refractivity contribution in [2.24, 2.45) is 0 Å². The number of benzene rings is 3. The normalized spacial score (nSPS) is 11.5. The smallest absolute Gasteiger partial charge is 0.414 e. The number of hydrogen-bond donors (Lipinski definition) is 0. The molecule has 0 N–H and O–H groups in total. The van der Waals surface area contributed by atoms with E-state index in [2.05, 4.69) is 0 Å². The fourth-order valence-electron chi connectivity index (χ4n) is 3.63. The van der Waals surface area contributed by atoms with E-state index in [0.29, 0.717) is 25.7 Å². The Balaban J connectivity index is 1.90. The highest BCUT2D eigenvalue weighted by Crippen LogP contribution is 2.32. The molecule has 0 bridgehead atoms. The van der Waals surface area contributed by atoms with Crippen LogP contribution in [0, 0.1) is 20.8 Å². The maximum Gasteiger partial charge on any atom is 0.434 e. The SMILES string of the molecule is Cc1cc(C)c(S(=O)(=O)N(C(=O)Oc2ccccc2)c2ccc3oc(=O)sc3c2)c(C)c1. The van der Waals surface area contributed by atoms with Crippen molar-refractivity contribution in [1.29, 1.82) is 0 Å². The van der Waals surface area contributed by atoms with Crippen LogP contribution in [0.1, 0.15) is 16.7 Å². The summed E-state index contributed by atoms with van der Waals surface area (Å²) in [7, 11) is -4.36. The van der Waals surface area contributed by atoms with E-state index in [1.54, 1.807) is 56.3 Å². The van der Waals surface area contributed by atoms with Gasteiger partial charge in [0.15, 0.2) is 0 Å². The van der Waals surface area contributed by atoms with Gasteiger partial charge in [-0.1, -0.05) is 47.2 Å². The molecule has 0 aliphatic heterocycles. The first kappa shape index (κ1) is 21.8. The molecular formula is C23H19NO6S2. The van der Waals surface area contributed by atoms with Gasteiger partial charge in [0.2, 0.25) is 0 Å².